The van der Waals surface area contributed by atoms with Gasteiger partial charge in [-0.15, -0.1) is 11.6 Å². The van der Waals surface area contributed by atoms with Gasteiger partial charge >= 0.3 is 0 Å². The van der Waals surface area contributed by atoms with E-state index in [2.05, 4.69) is 0 Å². The van der Waals surface area contributed by atoms with Crippen LogP contribution in [-0.4, -0.2) is 7.11 Å². The van der Waals surface area contributed by atoms with Crippen molar-refractivity contribution in [3.05, 3.63) is 63.9 Å². The molecule has 0 fully saturated rings. The summed E-state index contributed by atoms with van der Waals surface area (Å²) in [7, 11) is 1.52. The molecule has 0 N–H and O–H groups in total. The number of aryl methyl sites for hydroxylation is 1. The molecule has 0 aliphatic carbocycles. The molecule has 0 bridgehead atoms. The van der Waals surface area contributed by atoms with Crippen molar-refractivity contribution in [2.45, 2.75) is 12.3 Å². The summed E-state index contributed by atoms with van der Waals surface area (Å²) in [6.45, 7) is 1.95. The van der Waals surface area contributed by atoms with E-state index in [-0.39, 0.29) is 5.82 Å². The minimum atomic E-state index is -0.557. The summed E-state index contributed by atoms with van der Waals surface area (Å²) in [5.74, 6) is 0.183. The van der Waals surface area contributed by atoms with Crippen molar-refractivity contribution >= 4 is 23.2 Å². The number of rotatable bonds is 3. The number of alkyl halides is 1. The molecule has 0 saturated carbocycles. The van der Waals surface area contributed by atoms with Gasteiger partial charge in [0.15, 0.2) is 0 Å². The van der Waals surface area contributed by atoms with Gasteiger partial charge in [-0.25, -0.2) is 4.39 Å². The van der Waals surface area contributed by atoms with Gasteiger partial charge in [0.2, 0.25) is 0 Å². The third kappa shape index (κ3) is 3.02. The zero-order valence-corrected chi connectivity index (χ0v) is 12.1. The first-order valence-corrected chi connectivity index (χ1v) is 6.58. The second-order valence-electron chi connectivity index (χ2n) is 4.27. The number of hydrogen-bond acceptors (Lipinski definition) is 1. The van der Waals surface area contributed by atoms with Crippen LogP contribution in [0.1, 0.15) is 22.1 Å². The van der Waals surface area contributed by atoms with Crippen molar-refractivity contribution in [2.75, 3.05) is 7.11 Å². The van der Waals surface area contributed by atoms with Crippen LogP contribution in [0.15, 0.2) is 36.4 Å². The van der Waals surface area contributed by atoms with E-state index >= 15 is 0 Å². The maximum atomic E-state index is 13.4. The fourth-order valence-electron chi connectivity index (χ4n) is 1.91. The molecule has 0 aromatic heterocycles. The maximum Gasteiger partial charge on any atom is 0.124 e. The molecule has 0 spiro atoms. The lowest BCUT2D eigenvalue weighted by atomic mass is 10.0. The van der Waals surface area contributed by atoms with E-state index in [4.69, 9.17) is 27.9 Å². The lowest BCUT2D eigenvalue weighted by Gasteiger charge is -2.16. The second kappa shape index (κ2) is 5.81. The lowest BCUT2D eigenvalue weighted by Crippen LogP contribution is -1.99. The van der Waals surface area contributed by atoms with Crippen molar-refractivity contribution in [2.24, 2.45) is 0 Å². The van der Waals surface area contributed by atoms with Gasteiger partial charge in [0.1, 0.15) is 11.6 Å². The molecule has 1 unspecified atom stereocenters. The van der Waals surface area contributed by atoms with E-state index in [0.717, 1.165) is 11.1 Å². The summed E-state index contributed by atoms with van der Waals surface area (Å²) < 4.78 is 18.6. The molecule has 4 heteroatoms. The summed E-state index contributed by atoms with van der Waals surface area (Å²) in [6, 6.07) is 9.86. The second-order valence-corrected chi connectivity index (χ2v) is 5.12. The van der Waals surface area contributed by atoms with E-state index in [1.165, 1.54) is 19.2 Å². The molecule has 0 aliphatic rings. The minimum Gasteiger partial charge on any atom is -0.496 e. The maximum absolute atomic E-state index is 13.4. The lowest BCUT2D eigenvalue weighted by molar-refractivity contribution is 0.409. The highest BCUT2D eigenvalue weighted by atomic mass is 35.5. The van der Waals surface area contributed by atoms with Crippen molar-refractivity contribution in [1.29, 1.82) is 0 Å². The molecule has 100 valence electrons. The first-order valence-electron chi connectivity index (χ1n) is 5.76. The Kier molecular flexibility index (Phi) is 4.33. The molecule has 1 atom stereocenters. The molecule has 2 rings (SSSR count). The highest BCUT2D eigenvalue weighted by Gasteiger charge is 2.19. The van der Waals surface area contributed by atoms with Crippen LogP contribution in [0.4, 0.5) is 4.39 Å². The number of benzene rings is 2. The van der Waals surface area contributed by atoms with Crippen molar-refractivity contribution in [3.8, 4) is 5.75 Å². The van der Waals surface area contributed by atoms with Gasteiger partial charge in [-0.3, -0.25) is 0 Å². The summed E-state index contributed by atoms with van der Waals surface area (Å²) in [6.07, 6.45) is 0. The smallest absolute Gasteiger partial charge is 0.124 e. The molecular weight excluding hydrogens is 286 g/mol. The van der Waals surface area contributed by atoms with Crippen LogP contribution in [0.5, 0.6) is 5.75 Å². The molecule has 0 heterocycles. The minimum absolute atomic E-state index is 0.357. The van der Waals surface area contributed by atoms with Gasteiger partial charge in [-0.2, -0.15) is 0 Å². The summed E-state index contributed by atoms with van der Waals surface area (Å²) in [5, 5.41) is 0.00469. The van der Waals surface area contributed by atoms with E-state index in [1.54, 1.807) is 6.07 Å². The Hall–Kier alpha value is -1.25. The summed E-state index contributed by atoms with van der Waals surface area (Å²) in [4.78, 5) is 0. The van der Waals surface area contributed by atoms with Crippen LogP contribution in [0, 0.1) is 12.7 Å². The zero-order chi connectivity index (χ0) is 14.0. The van der Waals surface area contributed by atoms with Crippen LogP contribution in [0.25, 0.3) is 0 Å². The number of methoxy groups -OCH3 is 1. The van der Waals surface area contributed by atoms with Gasteiger partial charge in [0.25, 0.3) is 0 Å². The van der Waals surface area contributed by atoms with E-state index in [9.17, 15) is 4.39 Å². The predicted molar refractivity (Wildman–Crippen MR) is 76.8 cm³/mol. The molecule has 0 radical (unpaired) electrons. The van der Waals surface area contributed by atoms with E-state index in [1.807, 2.05) is 25.1 Å². The van der Waals surface area contributed by atoms with E-state index < -0.39 is 5.38 Å². The standard InChI is InChI=1S/C15H13Cl2FO/c1-9-3-5-11(13(16)7-9)15(17)12-8-10(18)4-6-14(12)19-2/h3-8,15H,1-2H3. The van der Waals surface area contributed by atoms with Crippen LogP contribution in [-0.2, 0) is 0 Å². The normalized spacial score (nSPS) is 12.3. The third-order valence-corrected chi connectivity index (χ3v) is 3.69. The quantitative estimate of drug-likeness (QED) is 0.714. The van der Waals surface area contributed by atoms with Gasteiger partial charge < -0.3 is 4.74 Å². The highest BCUT2D eigenvalue weighted by Crippen LogP contribution is 2.38. The Balaban J connectivity index is 2.49. The van der Waals surface area contributed by atoms with Crippen LogP contribution in [0.2, 0.25) is 5.02 Å². The van der Waals surface area contributed by atoms with Crippen LogP contribution in [0.3, 0.4) is 0 Å². The fraction of sp³-hybridized carbons (Fsp3) is 0.200. The van der Waals surface area contributed by atoms with Gasteiger partial charge in [0, 0.05) is 10.6 Å². The fourth-order valence-corrected chi connectivity index (χ4v) is 2.67. The number of halogens is 3. The van der Waals surface area contributed by atoms with Gasteiger partial charge in [-0.1, -0.05) is 23.7 Å². The van der Waals surface area contributed by atoms with Crippen molar-refractivity contribution < 1.29 is 9.13 Å². The molecule has 2 aromatic rings. The molecule has 19 heavy (non-hydrogen) atoms. The Bertz CT molecular complexity index is 599. The summed E-state index contributed by atoms with van der Waals surface area (Å²) >= 11 is 12.6. The number of hydrogen-bond donors (Lipinski definition) is 0. The van der Waals surface area contributed by atoms with Gasteiger partial charge in [0.05, 0.1) is 12.5 Å². The molecule has 0 aliphatic heterocycles. The van der Waals surface area contributed by atoms with E-state index in [0.29, 0.717) is 16.3 Å². The van der Waals surface area contributed by atoms with Crippen LogP contribution < -0.4 is 4.74 Å². The Morgan fingerprint density at radius 3 is 2.47 bits per heavy atom. The third-order valence-electron chi connectivity index (χ3n) is 2.89. The average molecular weight is 299 g/mol. The van der Waals surface area contributed by atoms with Crippen molar-refractivity contribution in [1.82, 2.24) is 0 Å². The predicted octanol–water partition coefficient (Wildman–Crippen LogP) is 5.12. The van der Waals surface area contributed by atoms with Gasteiger partial charge in [-0.05, 0) is 42.3 Å². The Labute approximate surface area is 121 Å². The monoisotopic (exact) mass is 298 g/mol. The first kappa shape index (κ1) is 14.2. The molecule has 2 aromatic carbocycles. The topological polar surface area (TPSA) is 9.23 Å². The van der Waals surface area contributed by atoms with Crippen LogP contribution >= 0.6 is 23.2 Å². The average Bonchev–Trinajstić information content (AvgIpc) is 2.38. The molecule has 1 nitrogen and oxygen atoms in total. The molecule has 0 saturated heterocycles. The first-order chi connectivity index (χ1) is 9.02. The highest BCUT2D eigenvalue weighted by molar-refractivity contribution is 6.33. The Morgan fingerprint density at radius 2 is 1.84 bits per heavy atom. The summed E-state index contributed by atoms with van der Waals surface area (Å²) in [5.41, 5.74) is 2.34. The number of ether oxygens (including phenoxy) is 1. The SMILES string of the molecule is COc1ccc(F)cc1C(Cl)c1ccc(C)cc1Cl. The zero-order valence-electron chi connectivity index (χ0n) is 10.6. The largest absolute Gasteiger partial charge is 0.496 e. The Morgan fingerprint density at radius 1 is 1.11 bits per heavy atom. The molecule has 0 amide bonds. The van der Waals surface area contributed by atoms with Crippen molar-refractivity contribution in [3.63, 3.8) is 0 Å². The molecular formula is C15H13Cl2FO.